The van der Waals surface area contributed by atoms with Gasteiger partial charge in [0.1, 0.15) is 0 Å². The second-order valence-corrected chi connectivity index (χ2v) is 2.20. The molecule has 40 valence electrons. The highest BCUT2D eigenvalue weighted by atomic mass is 35.5. The minimum atomic E-state index is -0.221. The van der Waals surface area contributed by atoms with Crippen LogP contribution < -0.4 is 0 Å². The summed E-state index contributed by atoms with van der Waals surface area (Å²) in [6.45, 7) is 6.04. The number of halogens is 1. The molecule has 0 amide bonds. The number of ether oxygens (including phenoxy) is 1. The van der Waals surface area contributed by atoms with E-state index in [0.29, 0.717) is 0 Å². The molecule has 1 saturated heterocycles. The molecule has 7 heavy (non-hydrogen) atoms. The van der Waals surface area contributed by atoms with Crippen molar-refractivity contribution in [3.05, 3.63) is 6.92 Å². The summed E-state index contributed by atoms with van der Waals surface area (Å²) in [7, 11) is 0. The van der Waals surface area contributed by atoms with Gasteiger partial charge in [0.25, 0.3) is 0 Å². The summed E-state index contributed by atoms with van der Waals surface area (Å²) in [5.41, 5.74) is 0. The lowest BCUT2D eigenvalue weighted by molar-refractivity contribution is 0.145. The summed E-state index contributed by atoms with van der Waals surface area (Å²) in [4.78, 5) is 0. The van der Waals surface area contributed by atoms with Crippen molar-refractivity contribution < 1.29 is 4.74 Å². The third kappa shape index (κ3) is 1.07. The van der Waals surface area contributed by atoms with Crippen molar-refractivity contribution in [2.24, 2.45) is 0 Å². The molecule has 1 aliphatic rings. The van der Waals surface area contributed by atoms with Gasteiger partial charge in [-0.2, -0.15) is 0 Å². The van der Waals surface area contributed by atoms with Crippen molar-refractivity contribution in [1.82, 2.24) is 0 Å². The van der Waals surface area contributed by atoms with Crippen LogP contribution in [0.4, 0.5) is 0 Å². The molecule has 1 aliphatic heterocycles. The normalized spacial score (nSPS) is 42.0. The van der Waals surface area contributed by atoms with Gasteiger partial charge in [-0.15, -0.1) is 11.6 Å². The highest BCUT2D eigenvalue weighted by molar-refractivity contribution is 6.21. The SMILES string of the molecule is [CH][C@@H]1OCCC1Cl. The van der Waals surface area contributed by atoms with Gasteiger partial charge in [0.15, 0.2) is 0 Å². The van der Waals surface area contributed by atoms with E-state index in [-0.39, 0.29) is 11.5 Å². The zero-order valence-electron chi connectivity index (χ0n) is 3.93. The van der Waals surface area contributed by atoms with E-state index < -0.39 is 0 Å². The van der Waals surface area contributed by atoms with Gasteiger partial charge in [-0.05, 0) is 13.3 Å². The third-order valence-electron chi connectivity index (χ3n) is 1.06. The van der Waals surface area contributed by atoms with Gasteiger partial charge in [0.05, 0.1) is 11.5 Å². The Hall–Kier alpha value is 0.250. The van der Waals surface area contributed by atoms with E-state index in [1.165, 1.54) is 0 Å². The highest BCUT2D eigenvalue weighted by Crippen LogP contribution is 2.17. The van der Waals surface area contributed by atoms with E-state index >= 15 is 0 Å². The van der Waals surface area contributed by atoms with E-state index in [0.717, 1.165) is 13.0 Å². The van der Waals surface area contributed by atoms with Crippen LogP contribution in [0.5, 0.6) is 0 Å². The molecule has 0 aromatic rings. The van der Waals surface area contributed by atoms with Crippen LogP contribution in [0.3, 0.4) is 0 Å². The minimum Gasteiger partial charge on any atom is -0.376 e. The lowest BCUT2D eigenvalue weighted by Crippen LogP contribution is -2.09. The molecular weight excluding hydrogens is 112 g/mol. The van der Waals surface area contributed by atoms with Gasteiger partial charge in [-0.3, -0.25) is 0 Å². The molecule has 1 fully saturated rings. The van der Waals surface area contributed by atoms with E-state index in [1.807, 2.05) is 0 Å². The van der Waals surface area contributed by atoms with E-state index in [1.54, 1.807) is 0 Å². The molecule has 1 nitrogen and oxygen atoms in total. The molecular formula is C5H7ClO. The molecule has 2 heteroatoms. The Labute approximate surface area is 48.6 Å². The van der Waals surface area contributed by atoms with Crippen LogP contribution >= 0.6 is 11.6 Å². The van der Waals surface area contributed by atoms with Crippen LogP contribution in [0, 0.1) is 6.92 Å². The Bertz CT molecular complexity index is 57.1. The molecule has 0 spiro atoms. The van der Waals surface area contributed by atoms with Crippen LogP contribution in [0.25, 0.3) is 0 Å². The van der Waals surface area contributed by atoms with Crippen molar-refractivity contribution in [3.63, 3.8) is 0 Å². The zero-order valence-corrected chi connectivity index (χ0v) is 4.69. The summed E-state index contributed by atoms with van der Waals surface area (Å²) in [6.07, 6.45) is 0.671. The fraction of sp³-hybridized carbons (Fsp3) is 0.800. The maximum atomic E-state index is 5.61. The second kappa shape index (κ2) is 2.01. The van der Waals surface area contributed by atoms with E-state index in [4.69, 9.17) is 23.3 Å². The van der Waals surface area contributed by atoms with Gasteiger partial charge in [-0.1, -0.05) is 0 Å². The monoisotopic (exact) mass is 118 g/mol. The van der Waals surface area contributed by atoms with E-state index in [2.05, 4.69) is 0 Å². The standard InChI is InChI=1S/C5H7ClO/c1-4-5(6)2-3-7-4/h1,4-5H,2-3H2/t4-,5?/m0/s1. The Morgan fingerprint density at radius 3 is 2.57 bits per heavy atom. The molecule has 0 N–H and O–H groups in total. The van der Waals surface area contributed by atoms with Gasteiger partial charge >= 0.3 is 0 Å². The predicted molar refractivity (Wildman–Crippen MR) is 28.3 cm³/mol. The quantitative estimate of drug-likeness (QED) is 0.433. The van der Waals surface area contributed by atoms with Crippen LogP contribution in [0.2, 0.25) is 0 Å². The summed E-state index contributed by atoms with van der Waals surface area (Å²) >= 11 is 5.61. The fourth-order valence-corrected chi connectivity index (χ4v) is 0.747. The smallest absolute Gasteiger partial charge is 0.0775 e. The first-order valence-corrected chi connectivity index (χ1v) is 2.75. The second-order valence-electron chi connectivity index (χ2n) is 1.64. The summed E-state index contributed by atoms with van der Waals surface area (Å²) in [5.74, 6) is 0. The van der Waals surface area contributed by atoms with Crippen molar-refractivity contribution >= 4 is 11.6 Å². The van der Waals surface area contributed by atoms with Crippen molar-refractivity contribution in [2.45, 2.75) is 17.9 Å². The van der Waals surface area contributed by atoms with Gasteiger partial charge < -0.3 is 4.74 Å². The van der Waals surface area contributed by atoms with Gasteiger partial charge in [0.2, 0.25) is 0 Å². The van der Waals surface area contributed by atoms with Crippen LogP contribution in [-0.4, -0.2) is 18.1 Å². The molecule has 1 unspecified atom stereocenters. The number of alkyl halides is 1. The molecule has 1 rings (SSSR count). The maximum absolute atomic E-state index is 5.61. The van der Waals surface area contributed by atoms with Crippen molar-refractivity contribution in [3.8, 4) is 0 Å². The Morgan fingerprint density at radius 1 is 1.71 bits per heavy atom. The first-order valence-electron chi connectivity index (χ1n) is 2.32. The summed E-state index contributed by atoms with van der Waals surface area (Å²) < 4.78 is 4.91. The Kier molecular flexibility index (Phi) is 1.55. The summed E-state index contributed by atoms with van der Waals surface area (Å²) in [6, 6.07) is 0. The van der Waals surface area contributed by atoms with Crippen molar-refractivity contribution in [1.29, 1.82) is 0 Å². The average Bonchev–Trinajstić information content (AvgIpc) is 1.91. The third-order valence-corrected chi connectivity index (χ3v) is 1.53. The average molecular weight is 119 g/mol. The number of hydrogen-bond acceptors (Lipinski definition) is 1. The lowest BCUT2D eigenvalue weighted by atomic mass is 10.3. The molecule has 0 saturated carbocycles. The van der Waals surface area contributed by atoms with Crippen LogP contribution in [0.15, 0.2) is 0 Å². The Balaban J connectivity index is 2.33. The molecule has 2 atom stereocenters. The zero-order chi connectivity index (χ0) is 5.28. The van der Waals surface area contributed by atoms with E-state index in [9.17, 15) is 0 Å². The fourth-order valence-electron chi connectivity index (χ4n) is 0.585. The van der Waals surface area contributed by atoms with Gasteiger partial charge in [-0.25, -0.2) is 0 Å². The van der Waals surface area contributed by atoms with Crippen LogP contribution in [-0.2, 0) is 4.74 Å². The molecule has 2 radical (unpaired) electrons. The van der Waals surface area contributed by atoms with Gasteiger partial charge in [0, 0.05) is 6.61 Å². The lowest BCUT2D eigenvalue weighted by Gasteiger charge is -2.01. The highest BCUT2D eigenvalue weighted by Gasteiger charge is 2.20. The molecule has 1 heterocycles. The van der Waals surface area contributed by atoms with Crippen LogP contribution in [0.1, 0.15) is 6.42 Å². The first-order chi connectivity index (χ1) is 3.30. The molecule has 0 aromatic carbocycles. The maximum Gasteiger partial charge on any atom is 0.0775 e. The topological polar surface area (TPSA) is 9.23 Å². The minimum absolute atomic E-state index is 0.0417. The largest absolute Gasteiger partial charge is 0.376 e. The first kappa shape index (κ1) is 5.39. The summed E-state index contributed by atoms with van der Waals surface area (Å²) in [5, 5.41) is 0.0417. The molecule has 0 bridgehead atoms. The molecule has 0 aromatic heterocycles. The predicted octanol–water partition coefficient (Wildman–Crippen LogP) is 1.09. The van der Waals surface area contributed by atoms with Crippen molar-refractivity contribution in [2.75, 3.05) is 6.61 Å². The Morgan fingerprint density at radius 2 is 2.43 bits per heavy atom. The number of hydrogen-bond donors (Lipinski definition) is 0. The molecule has 0 aliphatic carbocycles. The number of rotatable bonds is 0.